The first-order valence-electron chi connectivity index (χ1n) is 6.93. The van der Waals surface area contributed by atoms with Crippen molar-refractivity contribution >= 4 is 26.5 Å². The van der Waals surface area contributed by atoms with Crippen LogP contribution < -0.4 is 10.9 Å². The van der Waals surface area contributed by atoms with Gasteiger partial charge >= 0.3 is 0 Å². The van der Waals surface area contributed by atoms with Crippen LogP contribution in [0.4, 0.5) is 0 Å². The molecule has 6 nitrogen and oxygen atoms in total. The lowest BCUT2D eigenvalue weighted by Crippen LogP contribution is -2.47. The van der Waals surface area contributed by atoms with Crippen molar-refractivity contribution in [2.75, 3.05) is 11.5 Å². The molecule has 0 saturated carbocycles. The van der Waals surface area contributed by atoms with E-state index in [0.29, 0.717) is 17.2 Å². The van der Waals surface area contributed by atoms with Gasteiger partial charge < -0.3 is 10.3 Å². The second kappa shape index (κ2) is 4.95. The summed E-state index contributed by atoms with van der Waals surface area (Å²) in [7, 11) is -3.11. The highest BCUT2D eigenvalue weighted by Gasteiger charge is 2.39. The minimum Gasteiger partial charge on any atom is -0.345 e. The predicted molar refractivity (Wildman–Crippen MR) is 83.7 cm³/mol. The Balaban J connectivity index is 1.92. The van der Waals surface area contributed by atoms with Crippen LogP contribution in [-0.4, -0.2) is 36.4 Å². The molecule has 1 aromatic carbocycles. The molecule has 1 aliphatic heterocycles. The number of rotatable bonds is 2. The van der Waals surface area contributed by atoms with E-state index in [2.05, 4.69) is 10.3 Å². The van der Waals surface area contributed by atoms with Gasteiger partial charge in [0, 0.05) is 5.39 Å². The number of amides is 1. The van der Waals surface area contributed by atoms with Gasteiger partial charge in [0.05, 0.1) is 17.0 Å². The van der Waals surface area contributed by atoms with Crippen molar-refractivity contribution in [2.45, 2.75) is 18.9 Å². The second-order valence-electron chi connectivity index (χ2n) is 5.96. The van der Waals surface area contributed by atoms with E-state index in [4.69, 9.17) is 0 Å². The number of nitrogens with one attached hydrogen (secondary N) is 2. The molecule has 1 atom stereocenters. The Hall–Kier alpha value is -2.15. The molecular formula is C15H16N2O4S. The quantitative estimate of drug-likeness (QED) is 0.857. The third-order valence-corrected chi connectivity index (χ3v) is 5.82. The zero-order chi connectivity index (χ0) is 16.0. The van der Waals surface area contributed by atoms with Crippen LogP contribution in [0, 0.1) is 0 Å². The Morgan fingerprint density at radius 3 is 2.73 bits per heavy atom. The predicted octanol–water partition coefficient (Wildman–Crippen LogP) is 0.835. The van der Waals surface area contributed by atoms with Gasteiger partial charge in [0.25, 0.3) is 11.5 Å². The fraction of sp³-hybridized carbons (Fsp3) is 0.333. The van der Waals surface area contributed by atoms with Gasteiger partial charge in [0.2, 0.25) is 0 Å². The van der Waals surface area contributed by atoms with Crippen molar-refractivity contribution in [3.05, 3.63) is 46.4 Å². The van der Waals surface area contributed by atoms with E-state index < -0.39 is 21.3 Å². The Labute approximate surface area is 127 Å². The third-order valence-electron chi connectivity index (χ3n) is 3.92. The van der Waals surface area contributed by atoms with Crippen LogP contribution in [-0.2, 0) is 9.84 Å². The van der Waals surface area contributed by atoms with Crippen molar-refractivity contribution in [1.29, 1.82) is 0 Å². The van der Waals surface area contributed by atoms with Crippen LogP contribution in [0.3, 0.4) is 0 Å². The van der Waals surface area contributed by atoms with Crippen molar-refractivity contribution < 1.29 is 13.2 Å². The van der Waals surface area contributed by atoms with Gasteiger partial charge in [0.1, 0.15) is 5.69 Å². The Morgan fingerprint density at radius 1 is 1.32 bits per heavy atom. The highest BCUT2D eigenvalue weighted by atomic mass is 32.2. The van der Waals surface area contributed by atoms with Gasteiger partial charge in [-0.3, -0.25) is 9.59 Å². The monoisotopic (exact) mass is 320 g/mol. The summed E-state index contributed by atoms with van der Waals surface area (Å²) in [6, 6.07) is 8.57. The van der Waals surface area contributed by atoms with Gasteiger partial charge in [-0.2, -0.15) is 0 Å². The number of carbonyl (C=O) groups is 1. The topological polar surface area (TPSA) is 96.1 Å². The van der Waals surface area contributed by atoms with Crippen molar-refractivity contribution in [1.82, 2.24) is 10.3 Å². The average molecular weight is 320 g/mol. The van der Waals surface area contributed by atoms with E-state index >= 15 is 0 Å². The van der Waals surface area contributed by atoms with Crippen molar-refractivity contribution in [3.63, 3.8) is 0 Å². The van der Waals surface area contributed by atoms with Gasteiger partial charge in [-0.1, -0.05) is 18.2 Å². The number of aromatic amines is 1. The van der Waals surface area contributed by atoms with Crippen LogP contribution in [0.15, 0.2) is 35.1 Å². The summed E-state index contributed by atoms with van der Waals surface area (Å²) in [5.74, 6) is -0.482. The van der Waals surface area contributed by atoms with Gasteiger partial charge in [0.15, 0.2) is 9.84 Å². The summed E-state index contributed by atoms with van der Waals surface area (Å²) in [6.07, 6.45) is 0.374. The molecule has 0 radical (unpaired) electrons. The van der Waals surface area contributed by atoms with E-state index in [1.54, 1.807) is 37.3 Å². The molecule has 1 fully saturated rings. The lowest BCUT2D eigenvalue weighted by atomic mass is 10.0. The van der Waals surface area contributed by atoms with Crippen LogP contribution in [0.1, 0.15) is 23.8 Å². The largest absolute Gasteiger partial charge is 0.345 e. The summed E-state index contributed by atoms with van der Waals surface area (Å²) in [4.78, 5) is 26.9. The molecule has 1 aromatic heterocycles. The number of hydrogen-bond donors (Lipinski definition) is 2. The summed E-state index contributed by atoms with van der Waals surface area (Å²) in [5.41, 5.74) is -1.000. The first-order valence-corrected chi connectivity index (χ1v) is 8.75. The van der Waals surface area contributed by atoms with Crippen molar-refractivity contribution in [3.8, 4) is 0 Å². The molecule has 1 aliphatic rings. The fourth-order valence-electron chi connectivity index (χ4n) is 2.78. The number of benzene rings is 1. The first-order chi connectivity index (χ1) is 10.3. The molecule has 2 aromatic rings. The smallest absolute Gasteiger partial charge is 0.268 e. The maximum atomic E-state index is 12.3. The molecule has 1 saturated heterocycles. The molecule has 22 heavy (non-hydrogen) atoms. The third kappa shape index (κ3) is 2.76. The van der Waals surface area contributed by atoms with E-state index in [1.807, 2.05) is 0 Å². The summed E-state index contributed by atoms with van der Waals surface area (Å²) < 4.78 is 23.2. The van der Waals surface area contributed by atoms with Crippen LogP contribution in [0.2, 0.25) is 0 Å². The Bertz CT molecular complexity index is 917. The highest BCUT2D eigenvalue weighted by molar-refractivity contribution is 7.91. The van der Waals surface area contributed by atoms with Gasteiger partial charge in [-0.25, -0.2) is 8.42 Å². The van der Waals surface area contributed by atoms with Crippen molar-refractivity contribution in [2.24, 2.45) is 0 Å². The number of hydrogen-bond acceptors (Lipinski definition) is 4. The number of pyridine rings is 1. The second-order valence-corrected chi connectivity index (χ2v) is 8.14. The first kappa shape index (κ1) is 14.8. The molecule has 1 unspecified atom stereocenters. The number of aromatic nitrogens is 1. The standard InChI is InChI=1S/C15H16N2O4S/c1-15(6-7-22(20,21)9-15)17-14(19)12-8-10-4-2-3-5-11(10)13(18)16-12/h2-5,8H,6-7,9H2,1H3,(H,16,18)(H,17,19). The Morgan fingerprint density at radius 2 is 2.05 bits per heavy atom. The fourth-order valence-corrected chi connectivity index (χ4v) is 4.88. The summed E-state index contributed by atoms with van der Waals surface area (Å²) in [5, 5.41) is 3.91. The summed E-state index contributed by atoms with van der Waals surface area (Å²) in [6.45, 7) is 1.70. The lowest BCUT2D eigenvalue weighted by molar-refractivity contribution is 0.0910. The molecule has 7 heteroatoms. The molecule has 0 spiro atoms. The molecule has 2 heterocycles. The van der Waals surface area contributed by atoms with E-state index in [0.717, 1.165) is 0 Å². The normalized spacial score (nSPS) is 23.5. The van der Waals surface area contributed by atoms with Gasteiger partial charge in [-0.05, 0) is 30.9 Å². The molecule has 3 rings (SSSR count). The minimum atomic E-state index is -3.11. The molecule has 0 aliphatic carbocycles. The number of H-pyrrole nitrogens is 1. The van der Waals surface area contributed by atoms with Gasteiger partial charge in [-0.15, -0.1) is 0 Å². The number of sulfone groups is 1. The Kier molecular flexibility index (Phi) is 3.32. The highest BCUT2D eigenvalue weighted by Crippen LogP contribution is 2.23. The van der Waals surface area contributed by atoms with Crippen LogP contribution in [0.25, 0.3) is 10.8 Å². The number of fused-ring (bicyclic) bond motifs is 1. The van der Waals surface area contributed by atoms with E-state index in [-0.39, 0.29) is 22.8 Å². The molecule has 2 N–H and O–H groups in total. The minimum absolute atomic E-state index is 0.0675. The number of carbonyl (C=O) groups excluding carboxylic acids is 1. The zero-order valence-electron chi connectivity index (χ0n) is 12.0. The zero-order valence-corrected chi connectivity index (χ0v) is 12.9. The average Bonchev–Trinajstić information content (AvgIpc) is 2.72. The van der Waals surface area contributed by atoms with E-state index in [1.165, 1.54) is 0 Å². The maximum Gasteiger partial charge on any atom is 0.268 e. The molecule has 1 amide bonds. The lowest BCUT2D eigenvalue weighted by Gasteiger charge is -2.23. The van der Waals surface area contributed by atoms with Crippen LogP contribution in [0.5, 0.6) is 0 Å². The molecule has 116 valence electrons. The van der Waals surface area contributed by atoms with Crippen LogP contribution >= 0.6 is 0 Å². The molecule has 0 bridgehead atoms. The van der Waals surface area contributed by atoms with E-state index in [9.17, 15) is 18.0 Å². The summed E-state index contributed by atoms with van der Waals surface area (Å²) >= 11 is 0. The molecular weight excluding hydrogens is 304 g/mol. The maximum absolute atomic E-state index is 12.3. The SMILES string of the molecule is CC1(NC(=O)c2cc3ccccc3c(=O)[nH]2)CCS(=O)(=O)C1.